The van der Waals surface area contributed by atoms with Crippen molar-refractivity contribution in [1.82, 2.24) is 4.90 Å². The van der Waals surface area contributed by atoms with E-state index in [0.717, 1.165) is 17.1 Å². The van der Waals surface area contributed by atoms with Crippen LogP contribution in [0.25, 0.3) is 0 Å². The van der Waals surface area contributed by atoms with E-state index in [1.807, 2.05) is 17.5 Å². The molecule has 0 unspecified atom stereocenters. The molecule has 18 heavy (non-hydrogen) atoms. The van der Waals surface area contributed by atoms with Crippen LogP contribution >= 0.6 is 23.1 Å². The first-order valence-corrected chi connectivity index (χ1v) is 7.71. The summed E-state index contributed by atoms with van der Waals surface area (Å²) in [6.07, 6.45) is 2.05. The van der Waals surface area contributed by atoms with Gasteiger partial charge in [0.2, 0.25) is 5.91 Å². The van der Waals surface area contributed by atoms with Crippen molar-refractivity contribution < 1.29 is 14.7 Å². The van der Waals surface area contributed by atoms with Gasteiger partial charge in [-0.3, -0.25) is 9.59 Å². The number of thioether (sulfide) groups is 1. The Morgan fingerprint density at radius 3 is 2.83 bits per heavy atom. The number of thiophene rings is 1. The second kappa shape index (κ2) is 6.24. The van der Waals surface area contributed by atoms with Crippen LogP contribution in [0.4, 0.5) is 0 Å². The van der Waals surface area contributed by atoms with Crippen LogP contribution in [0, 0.1) is 0 Å². The van der Waals surface area contributed by atoms with E-state index in [-0.39, 0.29) is 18.4 Å². The highest BCUT2D eigenvalue weighted by Gasteiger charge is 2.32. The molecule has 4 nitrogen and oxygen atoms in total. The van der Waals surface area contributed by atoms with Gasteiger partial charge in [0.05, 0.1) is 16.4 Å². The summed E-state index contributed by atoms with van der Waals surface area (Å²) < 4.78 is 1.12. The third-order valence-electron chi connectivity index (χ3n) is 2.71. The largest absolute Gasteiger partial charge is 0.481 e. The van der Waals surface area contributed by atoms with Crippen LogP contribution < -0.4 is 0 Å². The van der Waals surface area contributed by atoms with Crippen LogP contribution in [0.5, 0.6) is 0 Å². The van der Waals surface area contributed by atoms with Crippen molar-refractivity contribution in [3.63, 3.8) is 0 Å². The second-order valence-corrected chi connectivity index (χ2v) is 6.41. The smallest absolute Gasteiger partial charge is 0.305 e. The lowest BCUT2D eigenvalue weighted by atomic mass is 10.3. The standard InChI is InChI=1S/C12H15NO3S2/c14-10(8-18-12-2-1-7-17-12)13(9-3-4-9)6-5-11(15)16/h1-2,7,9H,3-6,8H2,(H,15,16). The van der Waals surface area contributed by atoms with Crippen molar-refractivity contribution in [2.24, 2.45) is 0 Å². The van der Waals surface area contributed by atoms with Gasteiger partial charge in [0.15, 0.2) is 0 Å². The van der Waals surface area contributed by atoms with Gasteiger partial charge in [0.1, 0.15) is 0 Å². The molecule has 0 radical (unpaired) electrons. The molecule has 1 N–H and O–H groups in total. The Hall–Kier alpha value is -1.01. The van der Waals surface area contributed by atoms with Crippen LogP contribution in [0.2, 0.25) is 0 Å². The quantitative estimate of drug-likeness (QED) is 0.781. The number of hydrogen-bond donors (Lipinski definition) is 1. The molecule has 0 aromatic carbocycles. The van der Waals surface area contributed by atoms with Gasteiger partial charge in [0, 0.05) is 12.6 Å². The Labute approximate surface area is 114 Å². The fraction of sp³-hybridized carbons (Fsp3) is 0.500. The topological polar surface area (TPSA) is 57.6 Å². The number of carbonyl (C=O) groups excluding carboxylic acids is 1. The van der Waals surface area contributed by atoms with Crippen LogP contribution in [0.1, 0.15) is 19.3 Å². The van der Waals surface area contributed by atoms with Gasteiger partial charge >= 0.3 is 5.97 Å². The number of aliphatic carboxylic acids is 1. The average Bonchev–Trinajstić information content (AvgIpc) is 3.03. The summed E-state index contributed by atoms with van der Waals surface area (Å²) in [7, 11) is 0. The lowest BCUT2D eigenvalue weighted by molar-refractivity contribution is -0.138. The number of rotatable bonds is 7. The average molecular weight is 285 g/mol. The summed E-state index contributed by atoms with van der Waals surface area (Å²) in [4.78, 5) is 24.4. The molecule has 0 spiro atoms. The van der Waals surface area contributed by atoms with Crippen molar-refractivity contribution >= 4 is 35.0 Å². The lowest BCUT2D eigenvalue weighted by Crippen LogP contribution is -2.36. The maximum atomic E-state index is 12.0. The van der Waals surface area contributed by atoms with Crippen molar-refractivity contribution in [2.45, 2.75) is 29.5 Å². The van der Waals surface area contributed by atoms with Crippen LogP contribution in [0.15, 0.2) is 21.7 Å². The molecule has 1 fully saturated rings. The Morgan fingerprint density at radius 2 is 2.28 bits per heavy atom. The zero-order valence-corrected chi connectivity index (χ0v) is 11.5. The monoisotopic (exact) mass is 285 g/mol. The molecule has 1 aliphatic carbocycles. The molecular formula is C12H15NO3S2. The van der Waals surface area contributed by atoms with E-state index < -0.39 is 5.97 Å². The maximum Gasteiger partial charge on any atom is 0.305 e. The first kappa shape index (κ1) is 13.4. The third kappa shape index (κ3) is 4.03. The van der Waals surface area contributed by atoms with E-state index in [1.165, 1.54) is 11.8 Å². The highest BCUT2D eigenvalue weighted by atomic mass is 32.2. The number of hydrogen-bond acceptors (Lipinski definition) is 4. The molecule has 98 valence electrons. The molecule has 1 amide bonds. The zero-order valence-electron chi connectivity index (χ0n) is 9.87. The number of carboxylic acids is 1. The van der Waals surface area contributed by atoms with Crippen LogP contribution in [0.3, 0.4) is 0 Å². The SMILES string of the molecule is O=C(O)CCN(C(=O)CSc1cccs1)C1CC1. The maximum absolute atomic E-state index is 12.0. The summed E-state index contributed by atoms with van der Waals surface area (Å²) in [6.45, 7) is 0.337. The Kier molecular flexibility index (Phi) is 4.66. The van der Waals surface area contributed by atoms with Gasteiger partial charge in [-0.15, -0.1) is 23.1 Å². The molecule has 1 aromatic heterocycles. The van der Waals surface area contributed by atoms with E-state index in [9.17, 15) is 9.59 Å². The minimum atomic E-state index is -0.848. The van der Waals surface area contributed by atoms with Gasteiger partial charge in [-0.2, -0.15) is 0 Å². The van der Waals surface area contributed by atoms with Gasteiger partial charge in [-0.25, -0.2) is 0 Å². The molecule has 1 aliphatic rings. The minimum absolute atomic E-state index is 0.0336. The van der Waals surface area contributed by atoms with Crippen molar-refractivity contribution in [3.05, 3.63) is 17.5 Å². The molecule has 0 aliphatic heterocycles. The van der Waals surface area contributed by atoms with Crippen molar-refractivity contribution in [3.8, 4) is 0 Å². The summed E-state index contributed by atoms with van der Waals surface area (Å²) in [6, 6.07) is 4.22. The second-order valence-electron chi connectivity index (χ2n) is 4.18. The molecular weight excluding hydrogens is 270 g/mol. The predicted octanol–water partition coefficient (Wildman–Crippen LogP) is 2.31. The van der Waals surface area contributed by atoms with Gasteiger partial charge in [0.25, 0.3) is 0 Å². The number of amides is 1. The van der Waals surface area contributed by atoms with E-state index in [0.29, 0.717) is 12.3 Å². The molecule has 2 rings (SSSR count). The molecule has 1 aromatic rings. The van der Waals surface area contributed by atoms with Crippen molar-refractivity contribution in [2.75, 3.05) is 12.3 Å². The van der Waals surface area contributed by atoms with E-state index in [1.54, 1.807) is 16.2 Å². The third-order valence-corrected chi connectivity index (χ3v) is 4.82. The zero-order chi connectivity index (χ0) is 13.0. The van der Waals surface area contributed by atoms with Gasteiger partial charge in [-0.05, 0) is 24.3 Å². The summed E-state index contributed by atoms with van der Waals surface area (Å²) in [5.41, 5.74) is 0. The number of carboxylic acid groups (broad SMARTS) is 1. The Bertz CT molecular complexity index is 415. The molecule has 1 saturated carbocycles. The first-order valence-electron chi connectivity index (χ1n) is 5.84. The number of nitrogens with zero attached hydrogens (tertiary/aromatic N) is 1. The molecule has 1 heterocycles. The Morgan fingerprint density at radius 1 is 1.50 bits per heavy atom. The molecule has 0 atom stereocenters. The van der Waals surface area contributed by atoms with E-state index in [4.69, 9.17) is 5.11 Å². The van der Waals surface area contributed by atoms with E-state index in [2.05, 4.69) is 0 Å². The Balaban J connectivity index is 1.81. The van der Waals surface area contributed by atoms with Gasteiger partial charge in [-0.1, -0.05) is 6.07 Å². The van der Waals surface area contributed by atoms with Crippen LogP contribution in [-0.4, -0.2) is 40.2 Å². The highest BCUT2D eigenvalue weighted by molar-refractivity contribution is 8.01. The fourth-order valence-corrected chi connectivity index (χ4v) is 3.34. The summed E-state index contributed by atoms with van der Waals surface area (Å²) in [5, 5.41) is 10.7. The van der Waals surface area contributed by atoms with Crippen LogP contribution in [-0.2, 0) is 9.59 Å². The fourth-order valence-electron chi connectivity index (χ4n) is 1.67. The predicted molar refractivity (Wildman–Crippen MR) is 72.0 cm³/mol. The van der Waals surface area contributed by atoms with Crippen molar-refractivity contribution in [1.29, 1.82) is 0 Å². The molecule has 6 heteroatoms. The summed E-state index contributed by atoms with van der Waals surface area (Å²) in [5.74, 6) is -0.395. The van der Waals surface area contributed by atoms with E-state index >= 15 is 0 Å². The number of carbonyl (C=O) groups is 2. The minimum Gasteiger partial charge on any atom is -0.481 e. The first-order chi connectivity index (χ1) is 8.66. The molecule has 0 bridgehead atoms. The molecule has 0 saturated heterocycles. The normalized spacial score (nSPS) is 14.4. The lowest BCUT2D eigenvalue weighted by Gasteiger charge is -2.21. The highest BCUT2D eigenvalue weighted by Crippen LogP contribution is 2.29. The summed E-state index contributed by atoms with van der Waals surface area (Å²) >= 11 is 3.14. The van der Waals surface area contributed by atoms with Gasteiger partial charge < -0.3 is 10.0 Å².